The number of allylic oxidation sites excluding steroid dienone is 5. The van der Waals surface area contributed by atoms with Crippen molar-refractivity contribution in [3.05, 3.63) is 75.7 Å². The smallest absolute Gasteiger partial charge is 0.336 e. The zero-order valence-corrected chi connectivity index (χ0v) is 27.7. The van der Waals surface area contributed by atoms with Gasteiger partial charge in [-0.3, -0.25) is 4.79 Å². The highest BCUT2D eigenvalue weighted by Gasteiger charge is 2.45. The van der Waals surface area contributed by atoms with E-state index >= 15 is 0 Å². The summed E-state index contributed by atoms with van der Waals surface area (Å²) in [6.45, 7) is 18.9. The van der Waals surface area contributed by atoms with E-state index in [2.05, 4.69) is 54.2 Å². The topological polar surface area (TPSA) is 65.7 Å². The third-order valence-electron chi connectivity index (χ3n) is 11.5. The zero-order chi connectivity index (χ0) is 31.6. The van der Waals surface area contributed by atoms with Crippen LogP contribution >= 0.6 is 0 Å². The first-order chi connectivity index (χ1) is 21.0. The Morgan fingerprint density at radius 3 is 2.70 bits per heavy atom. The number of esters is 1. The Morgan fingerprint density at radius 2 is 1.93 bits per heavy atom. The third kappa shape index (κ3) is 6.92. The Labute approximate surface area is 263 Å². The van der Waals surface area contributed by atoms with Gasteiger partial charge in [0, 0.05) is 29.4 Å². The molecule has 0 saturated heterocycles. The monoisotopic (exact) mass is 600 g/mol. The lowest BCUT2D eigenvalue weighted by atomic mass is 9.58. The van der Waals surface area contributed by atoms with Gasteiger partial charge >= 0.3 is 11.6 Å². The van der Waals surface area contributed by atoms with Gasteiger partial charge in [0.25, 0.3) is 0 Å². The van der Waals surface area contributed by atoms with Crippen molar-refractivity contribution in [2.45, 2.75) is 92.9 Å². The number of fused-ring (bicyclic) bond motifs is 2. The summed E-state index contributed by atoms with van der Waals surface area (Å²) < 4.78 is 17.8. The van der Waals surface area contributed by atoms with Gasteiger partial charge in [-0.15, -0.1) is 0 Å². The van der Waals surface area contributed by atoms with Crippen LogP contribution in [-0.2, 0) is 9.53 Å². The van der Waals surface area contributed by atoms with E-state index in [1.807, 2.05) is 12.1 Å². The maximum absolute atomic E-state index is 13.2. The van der Waals surface area contributed by atoms with E-state index in [-0.39, 0.29) is 22.9 Å². The largest absolute Gasteiger partial charge is 0.493 e. The summed E-state index contributed by atoms with van der Waals surface area (Å²) >= 11 is 0. The summed E-state index contributed by atoms with van der Waals surface area (Å²) in [4.78, 5) is 25.0. The Morgan fingerprint density at radius 1 is 1.16 bits per heavy atom. The van der Waals surface area contributed by atoms with Crippen molar-refractivity contribution >= 4 is 16.9 Å². The molecule has 0 N–H and O–H groups in total. The molecule has 7 atom stereocenters. The van der Waals surface area contributed by atoms with Crippen molar-refractivity contribution in [1.82, 2.24) is 0 Å². The average molecular weight is 601 g/mol. The van der Waals surface area contributed by atoms with E-state index in [4.69, 9.17) is 13.9 Å². The van der Waals surface area contributed by atoms with E-state index < -0.39 is 0 Å². The molecule has 3 aliphatic rings. The maximum atomic E-state index is 13.2. The van der Waals surface area contributed by atoms with Gasteiger partial charge in [0.15, 0.2) is 0 Å². The molecule has 0 spiro atoms. The highest BCUT2D eigenvalue weighted by Crippen LogP contribution is 2.51. The molecule has 238 valence electrons. The molecular formula is C39H52O5. The summed E-state index contributed by atoms with van der Waals surface area (Å²) in [6, 6.07) is 8.86. The van der Waals surface area contributed by atoms with Crippen LogP contribution in [0.2, 0.25) is 0 Å². The van der Waals surface area contributed by atoms with Crippen LogP contribution in [0, 0.1) is 40.9 Å². The molecule has 3 aliphatic carbocycles. The average Bonchev–Trinajstić information content (AvgIpc) is 2.99. The lowest BCUT2D eigenvalue weighted by Crippen LogP contribution is -2.44. The molecule has 1 aromatic carbocycles. The van der Waals surface area contributed by atoms with E-state index in [0.29, 0.717) is 60.6 Å². The van der Waals surface area contributed by atoms with E-state index in [1.165, 1.54) is 29.2 Å². The lowest BCUT2D eigenvalue weighted by molar-refractivity contribution is -0.146. The molecule has 5 rings (SSSR count). The highest BCUT2D eigenvalue weighted by atomic mass is 16.5. The molecule has 0 bridgehead atoms. The van der Waals surface area contributed by atoms with Gasteiger partial charge in [-0.25, -0.2) is 4.79 Å². The van der Waals surface area contributed by atoms with E-state index in [9.17, 15) is 9.59 Å². The number of hydrogen-bond donors (Lipinski definition) is 0. The molecule has 0 amide bonds. The van der Waals surface area contributed by atoms with Crippen LogP contribution in [0.5, 0.6) is 5.75 Å². The van der Waals surface area contributed by atoms with Crippen molar-refractivity contribution < 1.29 is 18.7 Å². The normalized spacial score (nSPS) is 29.5. The van der Waals surface area contributed by atoms with Gasteiger partial charge in [0.2, 0.25) is 0 Å². The minimum Gasteiger partial charge on any atom is -0.493 e. The quantitative estimate of drug-likeness (QED) is 0.163. The van der Waals surface area contributed by atoms with Gasteiger partial charge in [0.1, 0.15) is 11.3 Å². The predicted molar refractivity (Wildman–Crippen MR) is 178 cm³/mol. The second-order valence-corrected chi connectivity index (χ2v) is 14.6. The van der Waals surface area contributed by atoms with Crippen LogP contribution in [0.3, 0.4) is 0 Å². The highest BCUT2D eigenvalue weighted by molar-refractivity contribution is 5.77. The van der Waals surface area contributed by atoms with E-state index in [1.54, 1.807) is 17.7 Å². The van der Waals surface area contributed by atoms with Crippen molar-refractivity contribution in [2.75, 3.05) is 13.2 Å². The summed E-state index contributed by atoms with van der Waals surface area (Å²) in [5.41, 5.74) is 5.71. The SMILES string of the molecule is C=C1CC[C@@H]2C(C)=CC[C@H]([C@@H](C)COC(=O)CC[C@H]3C(=C(C)C)CC[C@H](C)[C@]3(C)COc3ccc4ccc(=O)oc4c3)[C@H]2C1. The summed E-state index contributed by atoms with van der Waals surface area (Å²) in [7, 11) is 0. The molecule has 2 aromatic rings. The molecule has 44 heavy (non-hydrogen) atoms. The molecule has 2 fully saturated rings. The fourth-order valence-corrected chi connectivity index (χ4v) is 8.48. The molecule has 1 aromatic heterocycles. The minimum atomic E-state index is -0.369. The van der Waals surface area contributed by atoms with Crippen LogP contribution in [0.1, 0.15) is 92.9 Å². The first kappa shape index (κ1) is 32.3. The molecular weight excluding hydrogens is 548 g/mol. The summed E-state index contributed by atoms with van der Waals surface area (Å²) in [5, 5.41) is 0.866. The lowest BCUT2D eigenvalue weighted by Gasteiger charge is -2.48. The third-order valence-corrected chi connectivity index (χ3v) is 11.5. The summed E-state index contributed by atoms with van der Waals surface area (Å²) in [6.07, 6.45) is 10.3. The van der Waals surface area contributed by atoms with Crippen molar-refractivity contribution in [3.63, 3.8) is 0 Å². The fourth-order valence-electron chi connectivity index (χ4n) is 8.48. The molecule has 0 aliphatic heterocycles. The Bertz CT molecular complexity index is 1490. The Hall–Kier alpha value is -3.08. The minimum absolute atomic E-state index is 0.0943. The van der Waals surface area contributed by atoms with Gasteiger partial charge in [-0.2, -0.15) is 0 Å². The number of carbonyl (C=O) groups is 1. The summed E-state index contributed by atoms with van der Waals surface area (Å²) in [5.74, 6) is 3.38. The van der Waals surface area contributed by atoms with Crippen LogP contribution in [0.4, 0.5) is 0 Å². The van der Waals surface area contributed by atoms with Gasteiger partial charge in [-0.05, 0) is 119 Å². The van der Waals surface area contributed by atoms with Crippen molar-refractivity contribution in [2.24, 2.45) is 40.9 Å². The van der Waals surface area contributed by atoms with Crippen molar-refractivity contribution in [3.8, 4) is 5.75 Å². The maximum Gasteiger partial charge on any atom is 0.336 e. The predicted octanol–water partition coefficient (Wildman–Crippen LogP) is 9.46. The van der Waals surface area contributed by atoms with Crippen molar-refractivity contribution in [1.29, 1.82) is 0 Å². The molecule has 0 unspecified atom stereocenters. The van der Waals surface area contributed by atoms with Crippen LogP contribution in [0.15, 0.2) is 74.5 Å². The molecule has 5 heteroatoms. The fraction of sp³-hybridized carbons (Fsp3) is 0.590. The van der Waals surface area contributed by atoms with Crippen LogP contribution in [-0.4, -0.2) is 19.2 Å². The number of carbonyl (C=O) groups excluding carboxylic acids is 1. The standard InChI is InChI=1S/C39H52O5/c1-24(2)31-16-10-28(6)39(7,23-43-30-13-11-29-12-18-38(41)44-36(29)21-30)35(31)17-19-37(40)42-22-27(5)33-15-9-26(4)32-14-8-25(3)20-34(32)33/h9,11-13,18,21,27-28,32-35H,3,8,10,14-17,19-20,22-23H2,1-2,4-7H3/t27-,28-,32+,33+,34-,35-,39-/m0/s1. The Balaban J connectivity index is 1.23. The second kappa shape index (κ2) is 13.5. The van der Waals surface area contributed by atoms with Crippen LogP contribution < -0.4 is 10.4 Å². The zero-order valence-electron chi connectivity index (χ0n) is 27.7. The number of rotatable bonds is 9. The first-order valence-corrected chi connectivity index (χ1v) is 16.8. The number of hydrogen-bond acceptors (Lipinski definition) is 5. The molecule has 5 nitrogen and oxygen atoms in total. The van der Waals surface area contributed by atoms with Gasteiger partial charge in [0.05, 0.1) is 13.2 Å². The van der Waals surface area contributed by atoms with Gasteiger partial charge < -0.3 is 13.9 Å². The van der Waals surface area contributed by atoms with Crippen LogP contribution in [0.25, 0.3) is 11.0 Å². The number of benzene rings is 1. The molecule has 0 radical (unpaired) electrons. The number of ether oxygens (including phenoxy) is 2. The first-order valence-electron chi connectivity index (χ1n) is 16.8. The van der Waals surface area contributed by atoms with E-state index in [0.717, 1.165) is 43.9 Å². The molecule has 1 heterocycles. The second-order valence-electron chi connectivity index (χ2n) is 14.6. The molecule has 2 saturated carbocycles. The van der Waals surface area contributed by atoms with Gasteiger partial charge in [-0.1, -0.05) is 55.7 Å². The Kier molecular flexibility index (Phi) is 9.92.